The van der Waals surface area contributed by atoms with E-state index in [-0.39, 0.29) is 9.99 Å². The SMILES string of the molecule is CC1(CC(=O)N/N=C\c2ccc(OCc3ccc(Br)cc3)c(Br)c2)SCCS1. The molecule has 3 rings (SSSR count). The predicted octanol–water partition coefficient (Wildman–Crippen LogP) is 5.83. The molecule has 1 aliphatic rings. The standard InChI is InChI=1S/C20H20Br2N2O2S2/c1-20(27-8-9-28-20)11-19(25)24-23-12-15-4-7-18(17(22)10-15)26-13-14-2-5-16(21)6-3-14/h2-7,10,12H,8-9,11,13H2,1H3,(H,24,25)/b23-12-. The molecule has 2 aromatic carbocycles. The van der Waals surface area contributed by atoms with E-state index in [1.807, 2.05) is 66.0 Å². The molecular formula is C20H20Br2N2O2S2. The molecule has 1 N–H and O–H groups in total. The molecule has 0 aromatic heterocycles. The number of hydrogen-bond acceptors (Lipinski definition) is 5. The van der Waals surface area contributed by atoms with Gasteiger partial charge in [0, 0.05) is 16.0 Å². The number of hydrazone groups is 1. The minimum absolute atomic E-state index is 0.0313. The van der Waals surface area contributed by atoms with Crippen LogP contribution in [0.4, 0.5) is 0 Å². The summed E-state index contributed by atoms with van der Waals surface area (Å²) in [6.45, 7) is 2.60. The molecule has 0 aliphatic carbocycles. The highest BCUT2D eigenvalue weighted by atomic mass is 79.9. The average molecular weight is 544 g/mol. The number of thioether (sulfide) groups is 2. The summed E-state index contributed by atoms with van der Waals surface area (Å²) in [5, 5.41) is 4.08. The van der Waals surface area contributed by atoms with E-state index >= 15 is 0 Å². The van der Waals surface area contributed by atoms with E-state index in [0.29, 0.717) is 13.0 Å². The Balaban J connectivity index is 1.51. The van der Waals surface area contributed by atoms with Gasteiger partial charge in [-0.05, 0) is 64.3 Å². The van der Waals surface area contributed by atoms with Gasteiger partial charge in [-0.3, -0.25) is 4.79 Å². The quantitative estimate of drug-likeness (QED) is 0.353. The van der Waals surface area contributed by atoms with E-state index in [4.69, 9.17) is 4.74 Å². The number of nitrogens with one attached hydrogen (secondary N) is 1. The molecule has 148 valence electrons. The summed E-state index contributed by atoms with van der Waals surface area (Å²) in [5.74, 6) is 2.89. The van der Waals surface area contributed by atoms with Crippen molar-refractivity contribution in [1.82, 2.24) is 5.43 Å². The maximum atomic E-state index is 12.1. The van der Waals surface area contributed by atoms with Gasteiger partial charge in [-0.25, -0.2) is 5.43 Å². The van der Waals surface area contributed by atoms with Crippen molar-refractivity contribution in [2.75, 3.05) is 11.5 Å². The second kappa shape index (κ2) is 10.2. The summed E-state index contributed by atoms with van der Waals surface area (Å²) in [5.41, 5.74) is 4.59. The number of amides is 1. The Morgan fingerprint density at radius 1 is 1.21 bits per heavy atom. The number of carbonyl (C=O) groups is 1. The maximum Gasteiger partial charge on any atom is 0.242 e. The van der Waals surface area contributed by atoms with Crippen LogP contribution in [0.2, 0.25) is 0 Å². The Kier molecular flexibility index (Phi) is 7.91. The lowest BCUT2D eigenvalue weighted by Crippen LogP contribution is -2.26. The van der Waals surface area contributed by atoms with Crippen molar-refractivity contribution in [2.24, 2.45) is 5.10 Å². The van der Waals surface area contributed by atoms with Crippen LogP contribution in [-0.4, -0.2) is 27.7 Å². The van der Waals surface area contributed by atoms with Crippen molar-refractivity contribution in [2.45, 2.75) is 24.0 Å². The summed E-state index contributed by atoms with van der Waals surface area (Å²) in [7, 11) is 0. The zero-order valence-electron chi connectivity index (χ0n) is 15.3. The number of halogens is 2. The van der Waals surface area contributed by atoms with Crippen LogP contribution in [-0.2, 0) is 11.4 Å². The molecule has 1 amide bonds. The highest BCUT2D eigenvalue weighted by molar-refractivity contribution is 9.10. The Labute approximate surface area is 190 Å². The third-order valence-corrected chi connectivity index (χ3v) is 8.49. The lowest BCUT2D eigenvalue weighted by atomic mass is 10.2. The molecule has 1 fully saturated rings. The summed E-state index contributed by atoms with van der Waals surface area (Å²) >= 11 is 10.6. The van der Waals surface area contributed by atoms with E-state index in [9.17, 15) is 4.79 Å². The van der Waals surface area contributed by atoms with Crippen LogP contribution in [0.15, 0.2) is 56.5 Å². The van der Waals surface area contributed by atoms with Gasteiger partial charge in [0.15, 0.2) is 0 Å². The Bertz CT molecular complexity index is 854. The third kappa shape index (κ3) is 6.54. The fraction of sp³-hybridized carbons (Fsp3) is 0.300. The fourth-order valence-electron chi connectivity index (χ4n) is 2.63. The zero-order valence-corrected chi connectivity index (χ0v) is 20.1. The largest absolute Gasteiger partial charge is 0.488 e. The fourth-order valence-corrected chi connectivity index (χ4v) is 6.23. The van der Waals surface area contributed by atoms with Gasteiger partial charge in [0.1, 0.15) is 12.4 Å². The van der Waals surface area contributed by atoms with Crippen molar-refractivity contribution >= 4 is 67.5 Å². The average Bonchev–Trinajstić information content (AvgIpc) is 3.08. The van der Waals surface area contributed by atoms with Crippen molar-refractivity contribution < 1.29 is 9.53 Å². The van der Waals surface area contributed by atoms with E-state index in [1.54, 1.807) is 6.21 Å². The molecule has 0 spiro atoms. The van der Waals surface area contributed by atoms with Gasteiger partial charge in [0.05, 0.1) is 21.2 Å². The van der Waals surface area contributed by atoms with Crippen LogP contribution < -0.4 is 10.2 Å². The first-order valence-corrected chi connectivity index (χ1v) is 12.3. The monoisotopic (exact) mass is 542 g/mol. The van der Waals surface area contributed by atoms with E-state index in [1.165, 1.54) is 0 Å². The molecule has 28 heavy (non-hydrogen) atoms. The van der Waals surface area contributed by atoms with Crippen LogP contribution in [0, 0.1) is 0 Å². The van der Waals surface area contributed by atoms with Gasteiger partial charge in [-0.15, -0.1) is 23.5 Å². The van der Waals surface area contributed by atoms with Gasteiger partial charge in [-0.1, -0.05) is 28.1 Å². The van der Waals surface area contributed by atoms with Crippen LogP contribution in [0.25, 0.3) is 0 Å². The first-order valence-electron chi connectivity index (χ1n) is 8.70. The van der Waals surface area contributed by atoms with Crippen molar-refractivity contribution in [1.29, 1.82) is 0 Å². The van der Waals surface area contributed by atoms with E-state index in [2.05, 4.69) is 49.3 Å². The first kappa shape index (κ1) is 21.7. The lowest BCUT2D eigenvalue weighted by molar-refractivity contribution is -0.121. The minimum Gasteiger partial charge on any atom is -0.488 e. The smallest absolute Gasteiger partial charge is 0.242 e. The van der Waals surface area contributed by atoms with Crippen LogP contribution in [0.5, 0.6) is 5.75 Å². The van der Waals surface area contributed by atoms with Crippen LogP contribution in [0.3, 0.4) is 0 Å². The summed E-state index contributed by atoms with van der Waals surface area (Å²) < 4.78 is 7.72. The van der Waals surface area contributed by atoms with Gasteiger partial charge in [0.25, 0.3) is 0 Å². The number of carbonyl (C=O) groups excluding carboxylic acids is 1. The number of ether oxygens (including phenoxy) is 1. The molecule has 0 saturated carbocycles. The summed E-state index contributed by atoms with van der Waals surface area (Å²) in [6.07, 6.45) is 2.10. The molecule has 8 heteroatoms. The molecular weight excluding hydrogens is 524 g/mol. The van der Waals surface area contributed by atoms with Crippen molar-refractivity contribution in [3.8, 4) is 5.75 Å². The minimum atomic E-state index is -0.0610. The van der Waals surface area contributed by atoms with E-state index in [0.717, 1.165) is 37.3 Å². The van der Waals surface area contributed by atoms with Gasteiger partial charge in [-0.2, -0.15) is 5.10 Å². The normalized spacial score (nSPS) is 15.7. The molecule has 2 aromatic rings. The zero-order chi connectivity index (χ0) is 20.0. The molecule has 0 bridgehead atoms. The third-order valence-electron chi connectivity index (χ3n) is 4.05. The lowest BCUT2D eigenvalue weighted by Gasteiger charge is -2.19. The highest BCUT2D eigenvalue weighted by Crippen LogP contribution is 2.45. The Morgan fingerprint density at radius 2 is 1.93 bits per heavy atom. The molecule has 0 unspecified atom stereocenters. The van der Waals surface area contributed by atoms with Crippen LogP contribution in [0.1, 0.15) is 24.5 Å². The molecule has 0 radical (unpaired) electrons. The molecule has 1 saturated heterocycles. The number of rotatable bonds is 7. The van der Waals surface area contributed by atoms with Crippen LogP contribution >= 0.6 is 55.4 Å². The molecule has 1 aliphatic heterocycles. The molecule has 1 heterocycles. The summed E-state index contributed by atoms with van der Waals surface area (Å²) in [6, 6.07) is 13.7. The topological polar surface area (TPSA) is 50.7 Å². The maximum absolute atomic E-state index is 12.1. The highest BCUT2D eigenvalue weighted by Gasteiger charge is 2.32. The van der Waals surface area contributed by atoms with Crippen molar-refractivity contribution in [3.05, 3.63) is 62.5 Å². The molecule has 4 nitrogen and oxygen atoms in total. The number of nitrogens with zero attached hydrogens (tertiary/aromatic N) is 1. The second-order valence-corrected chi connectivity index (χ2v) is 11.6. The van der Waals surface area contributed by atoms with Crippen molar-refractivity contribution in [3.63, 3.8) is 0 Å². The van der Waals surface area contributed by atoms with E-state index < -0.39 is 0 Å². The van der Waals surface area contributed by atoms with Gasteiger partial charge >= 0.3 is 0 Å². The van der Waals surface area contributed by atoms with Gasteiger partial charge < -0.3 is 4.74 Å². The number of hydrogen-bond donors (Lipinski definition) is 1. The van der Waals surface area contributed by atoms with Gasteiger partial charge in [0.2, 0.25) is 5.91 Å². The Morgan fingerprint density at radius 3 is 2.61 bits per heavy atom. The summed E-state index contributed by atoms with van der Waals surface area (Å²) in [4.78, 5) is 12.1. The second-order valence-electron chi connectivity index (χ2n) is 6.41. The Hall–Kier alpha value is -0.960. The number of benzene rings is 2. The predicted molar refractivity (Wildman–Crippen MR) is 126 cm³/mol. The first-order chi connectivity index (χ1) is 13.4. The molecule has 0 atom stereocenters.